The Bertz CT molecular complexity index is 1140. The molecule has 2 atom stereocenters. The number of hydrogen-bond donors (Lipinski definition) is 1. The molecule has 1 N–H and O–H groups in total. The monoisotopic (exact) mass is 809 g/mol. The molecule has 0 aliphatic carbocycles. The van der Waals surface area contributed by atoms with E-state index in [9.17, 15) is 19.0 Å². The number of phosphoric ester groups is 1. The number of rotatable bonds is 39. The van der Waals surface area contributed by atoms with Gasteiger partial charge >= 0.3 is 19.8 Å². The van der Waals surface area contributed by atoms with E-state index in [0.29, 0.717) is 23.9 Å². The second-order valence-corrected chi connectivity index (χ2v) is 17.2. The number of quaternary nitrogens is 1. The summed E-state index contributed by atoms with van der Waals surface area (Å²) < 4.78 is 34.2. The van der Waals surface area contributed by atoms with Crippen molar-refractivity contribution in [3.05, 3.63) is 60.8 Å². The van der Waals surface area contributed by atoms with Crippen molar-refractivity contribution in [2.75, 3.05) is 47.5 Å². The molecule has 0 spiro atoms. The predicted octanol–water partition coefficient (Wildman–Crippen LogP) is 12.5. The minimum atomic E-state index is -4.39. The van der Waals surface area contributed by atoms with Gasteiger partial charge in [-0.1, -0.05) is 164 Å². The number of carbonyl (C=O) groups is 2. The number of allylic oxidation sites excluding steroid dienone is 10. The largest absolute Gasteiger partial charge is 0.472 e. The molecule has 0 rings (SSSR count). The summed E-state index contributed by atoms with van der Waals surface area (Å²) in [6.45, 7) is 4.24. The number of nitrogens with zero attached hydrogens (tertiary/aromatic N) is 1. The van der Waals surface area contributed by atoms with E-state index < -0.39 is 32.5 Å². The smallest absolute Gasteiger partial charge is 0.462 e. The first-order chi connectivity index (χ1) is 27.0. The van der Waals surface area contributed by atoms with E-state index >= 15 is 0 Å². The first-order valence-electron chi connectivity index (χ1n) is 22.0. The van der Waals surface area contributed by atoms with Crippen LogP contribution >= 0.6 is 7.82 Å². The quantitative estimate of drug-likeness (QED) is 0.0215. The Hall–Kier alpha value is -2.29. The fourth-order valence-electron chi connectivity index (χ4n) is 5.64. The zero-order valence-corrected chi connectivity index (χ0v) is 37.2. The van der Waals surface area contributed by atoms with E-state index in [1.54, 1.807) is 0 Å². The van der Waals surface area contributed by atoms with Crippen LogP contribution in [0.15, 0.2) is 60.8 Å². The summed E-state index contributed by atoms with van der Waals surface area (Å²) in [4.78, 5) is 35.3. The van der Waals surface area contributed by atoms with E-state index in [4.69, 9.17) is 18.5 Å². The molecule has 10 heteroatoms. The molecule has 0 aromatic heterocycles. The Morgan fingerprint density at radius 3 is 1.50 bits per heavy atom. The molecule has 0 heterocycles. The molecule has 9 nitrogen and oxygen atoms in total. The van der Waals surface area contributed by atoms with Crippen LogP contribution in [0.3, 0.4) is 0 Å². The van der Waals surface area contributed by atoms with Gasteiger partial charge in [-0.15, -0.1) is 0 Å². The Morgan fingerprint density at radius 1 is 0.571 bits per heavy atom. The van der Waals surface area contributed by atoms with Crippen LogP contribution in [0.5, 0.6) is 0 Å². The van der Waals surface area contributed by atoms with Crippen LogP contribution in [0.2, 0.25) is 0 Å². The molecule has 0 bridgehead atoms. The van der Waals surface area contributed by atoms with E-state index in [-0.39, 0.29) is 26.1 Å². The van der Waals surface area contributed by atoms with E-state index in [2.05, 4.69) is 74.6 Å². The van der Waals surface area contributed by atoms with Gasteiger partial charge < -0.3 is 18.9 Å². The first kappa shape index (κ1) is 53.7. The van der Waals surface area contributed by atoms with Crippen LogP contribution in [0.1, 0.15) is 168 Å². The van der Waals surface area contributed by atoms with Crippen LogP contribution in [0, 0.1) is 0 Å². The number of likely N-dealkylation sites (N-methyl/N-ethyl adjacent to an activating group) is 1. The van der Waals surface area contributed by atoms with Crippen LogP contribution in [-0.4, -0.2) is 74.9 Å². The molecule has 0 aliphatic rings. The van der Waals surface area contributed by atoms with Crippen LogP contribution in [-0.2, 0) is 32.7 Å². The van der Waals surface area contributed by atoms with Crippen molar-refractivity contribution in [3.8, 4) is 0 Å². The van der Waals surface area contributed by atoms with Crippen LogP contribution in [0.4, 0.5) is 0 Å². The zero-order chi connectivity index (χ0) is 41.4. The molecule has 0 aromatic carbocycles. The van der Waals surface area contributed by atoms with Crippen LogP contribution in [0.25, 0.3) is 0 Å². The lowest BCUT2D eigenvalue weighted by Gasteiger charge is -2.24. The summed E-state index contributed by atoms with van der Waals surface area (Å²) in [7, 11) is 1.44. The number of ether oxygens (including phenoxy) is 2. The molecule has 0 radical (unpaired) electrons. The normalized spacial score (nSPS) is 14.2. The third-order valence-electron chi connectivity index (χ3n) is 9.06. The van der Waals surface area contributed by atoms with Gasteiger partial charge in [-0.05, 0) is 51.4 Å². The molecular weight excluding hydrogens is 725 g/mol. The molecule has 0 fully saturated rings. The van der Waals surface area contributed by atoms with Gasteiger partial charge in [-0.2, -0.15) is 0 Å². The maximum absolute atomic E-state index is 12.7. The number of unbranched alkanes of at least 4 members (excludes halogenated alkanes) is 15. The highest BCUT2D eigenvalue weighted by atomic mass is 31.2. The van der Waals surface area contributed by atoms with Gasteiger partial charge in [-0.25, -0.2) is 4.57 Å². The standard InChI is InChI=1S/C46H82NO8P/c1-6-8-10-12-14-16-18-20-22-23-25-26-28-30-32-34-36-38-45(48)52-42-44(43-54-56(50,51)53-41-40-47(3,4)5)55-46(49)39-37-35-33-31-29-27-24-21-19-17-15-13-11-9-7-2/h8,10,14,16,20,22,25-26,30,32,44H,6-7,9,11-13,15,17-19,21,23-24,27-29,31,33-43H2,1-5H3/p+1/b10-8+,16-14+,22-20+,26-25+,32-30+/t44-/m1/s1. The molecular formula is C46H83NO8P+. The summed E-state index contributed by atoms with van der Waals surface area (Å²) >= 11 is 0. The topological polar surface area (TPSA) is 108 Å². The Morgan fingerprint density at radius 2 is 1.02 bits per heavy atom. The summed E-state index contributed by atoms with van der Waals surface area (Å²) in [6.07, 6.45) is 45.6. The van der Waals surface area contributed by atoms with Crippen molar-refractivity contribution in [1.82, 2.24) is 0 Å². The minimum Gasteiger partial charge on any atom is -0.462 e. The average Bonchev–Trinajstić information content (AvgIpc) is 3.15. The van der Waals surface area contributed by atoms with Gasteiger partial charge in [0, 0.05) is 12.8 Å². The van der Waals surface area contributed by atoms with Gasteiger partial charge in [0.15, 0.2) is 6.10 Å². The zero-order valence-electron chi connectivity index (χ0n) is 36.3. The fourth-order valence-corrected chi connectivity index (χ4v) is 6.38. The lowest BCUT2D eigenvalue weighted by Crippen LogP contribution is -2.37. The molecule has 0 saturated carbocycles. The second kappa shape index (κ2) is 38.2. The van der Waals surface area contributed by atoms with Gasteiger partial charge in [-0.3, -0.25) is 18.6 Å². The van der Waals surface area contributed by atoms with Crippen LogP contribution < -0.4 is 0 Å². The maximum atomic E-state index is 12.7. The number of hydrogen-bond acceptors (Lipinski definition) is 7. The van der Waals surface area contributed by atoms with Crippen molar-refractivity contribution in [2.45, 2.75) is 174 Å². The summed E-state index contributed by atoms with van der Waals surface area (Å²) in [5.74, 6) is -0.867. The Balaban J connectivity index is 4.45. The summed E-state index contributed by atoms with van der Waals surface area (Å²) in [5, 5.41) is 0. The van der Waals surface area contributed by atoms with E-state index in [0.717, 1.165) is 51.4 Å². The maximum Gasteiger partial charge on any atom is 0.472 e. The fraction of sp³-hybridized carbons (Fsp3) is 0.739. The Kier molecular flexibility index (Phi) is 36.7. The van der Waals surface area contributed by atoms with Crippen molar-refractivity contribution in [3.63, 3.8) is 0 Å². The molecule has 1 unspecified atom stereocenters. The average molecular weight is 809 g/mol. The van der Waals surface area contributed by atoms with Crippen molar-refractivity contribution < 1.29 is 42.1 Å². The van der Waals surface area contributed by atoms with Gasteiger partial charge in [0.05, 0.1) is 27.7 Å². The number of phosphoric acid groups is 1. The lowest BCUT2D eigenvalue weighted by molar-refractivity contribution is -0.870. The highest BCUT2D eigenvalue weighted by molar-refractivity contribution is 7.47. The van der Waals surface area contributed by atoms with Crippen molar-refractivity contribution >= 4 is 19.8 Å². The summed E-state index contributed by atoms with van der Waals surface area (Å²) in [5.41, 5.74) is 0. The predicted molar refractivity (Wildman–Crippen MR) is 233 cm³/mol. The molecule has 324 valence electrons. The highest BCUT2D eigenvalue weighted by Crippen LogP contribution is 2.43. The van der Waals surface area contributed by atoms with E-state index in [1.165, 1.54) is 77.0 Å². The van der Waals surface area contributed by atoms with Gasteiger partial charge in [0.25, 0.3) is 0 Å². The summed E-state index contributed by atoms with van der Waals surface area (Å²) in [6, 6.07) is 0. The molecule has 56 heavy (non-hydrogen) atoms. The molecule has 0 saturated heterocycles. The van der Waals surface area contributed by atoms with E-state index in [1.807, 2.05) is 21.1 Å². The second-order valence-electron chi connectivity index (χ2n) is 15.7. The number of esters is 2. The number of carbonyl (C=O) groups excluding carboxylic acids is 2. The van der Waals surface area contributed by atoms with Gasteiger partial charge in [0.1, 0.15) is 19.8 Å². The lowest BCUT2D eigenvalue weighted by atomic mass is 10.0. The van der Waals surface area contributed by atoms with Gasteiger partial charge in [0.2, 0.25) is 0 Å². The Labute approximate surface area is 343 Å². The SMILES string of the molecule is CC/C=C/C/C=C/C/C=C/C/C=C/C/C=C/CCCC(=O)OC[C@H](COP(=O)(O)OCC[N+](C)(C)C)OC(=O)CCCCCCCCCCCCCCCCC. The van der Waals surface area contributed by atoms with Crippen molar-refractivity contribution in [1.29, 1.82) is 0 Å². The molecule has 0 aliphatic heterocycles. The third-order valence-corrected chi connectivity index (χ3v) is 10.0. The molecule has 0 amide bonds. The molecule has 0 aromatic rings. The first-order valence-corrected chi connectivity index (χ1v) is 23.5. The third kappa shape index (κ3) is 41.3. The van der Waals surface area contributed by atoms with Crippen molar-refractivity contribution in [2.24, 2.45) is 0 Å². The highest BCUT2D eigenvalue weighted by Gasteiger charge is 2.27. The minimum absolute atomic E-state index is 0.0216.